The molecular weight excluding hydrogens is 323 g/mol. The Balaban J connectivity index is 2.16. The van der Waals surface area contributed by atoms with Gasteiger partial charge in [0.1, 0.15) is 0 Å². The van der Waals surface area contributed by atoms with Crippen LogP contribution in [0.1, 0.15) is 18.9 Å². The van der Waals surface area contributed by atoms with Gasteiger partial charge in [-0.2, -0.15) is 13.2 Å². The van der Waals surface area contributed by atoms with Crippen LogP contribution in [0.15, 0.2) is 64.4 Å². The molecule has 0 amide bonds. The number of aliphatic carboxylic acids is 1. The first-order chi connectivity index (χ1) is 11.3. The number of carboxylic acid groups (broad SMARTS) is 1. The van der Waals surface area contributed by atoms with E-state index in [-0.39, 0.29) is 23.6 Å². The molecule has 126 valence electrons. The third kappa shape index (κ3) is 2.89. The molecule has 1 aromatic rings. The van der Waals surface area contributed by atoms with Crippen molar-refractivity contribution in [3.63, 3.8) is 0 Å². The second-order valence-electron chi connectivity index (χ2n) is 5.68. The molecule has 1 atom stereocenters. The Morgan fingerprint density at radius 1 is 1.38 bits per heavy atom. The van der Waals surface area contributed by atoms with E-state index in [1.54, 1.807) is 13.0 Å². The van der Waals surface area contributed by atoms with Crippen molar-refractivity contribution in [2.75, 3.05) is 0 Å². The minimum absolute atomic E-state index is 0.0576. The minimum Gasteiger partial charge on any atom is -0.478 e. The third-order valence-electron chi connectivity index (χ3n) is 4.01. The second kappa shape index (κ2) is 5.74. The minimum atomic E-state index is -4.56. The van der Waals surface area contributed by atoms with Crippen molar-refractivity contribution in [1.29, 1.82) is 0 Å². The van der Waals surface area contributed by atoms with E-state index in [0.29, 0.717) is 11.1 Å². The maximum absolute atomic E-state index is 13.5. The van der Waals surface area contributed by atoms with Gasteiger partial charge in [-0.25, -0.2) is 4.79 Å². The van der Waals surface area contributed by atoms with Gasteiger partial charge in [0.2, 0.25) is 0 Å². The highest BCUT2D eigenvalue weighted by Gasteiger charge is 2.40. The fourth-order valence-corrected chi connectivity index (χ4v) is 2.72. The average Bonchev–Trinajstić information content (AvgIpc) is 2.97. The number of rotatable bonds is 2. The van der Waals surface area contributed by atoms with Gasteiger partial charge in [0.05, 0.1) is 29.4 Å². The van der Waals surface area contributed by atoms with E-state index in [4.69, 9.17) is 4.42 Å². The Morgan fingerprint density at radius 3 is 2.71 bits per heavy atom. The second-order valence-corrected chi connectivity index (χ2v) is 5.68. The molecule has 0 saturated carbocycles. The van der Waals surface area contributed by atoms with Gasteiger partial charge in [-0.1, -0.05) is 13.0 Å². The first-order valence-electron chi connectivity index (χ1n) is 7.24. The lowest BCUT2D eigenvalue weighted by atomic mass is 9.97. The molecule has 0 saturated heterocycles. The molecule has 0 spiro atoms. The van der Waals surface area contributed by atoms with Crippen molar-refractivity contribution < 1.29 is 27.5 Å². The van der Waals surface area contributed by atoms with Crippen molar-refractivity contribution in [1.82, 2.24) is 4.90 Å². The summed E-state index contributed by atoms with van der Waals surface area (Å²) in [5.74, 6) is -1.53. The van der Waals surface area contributed by atoms with E-state index in [2.05, 4.69) is 0 Å². The van der Waals surface area contributed by atoms with E-state index in [9.17, 15) is 23.1 Å². The first-order valence-corrected chi connectivity index (χ1v) is 7.24. The predicted molar refractivity (Wildman–Crippen MR) is 80.2 cm³/mol. The van der Waals surface area contributed by atoms with Crippen LogP contribution in [0.4, 0.5) is 13.2 Å². The Bertz CT molecular complexity index is 783. The number of carbonyl (C=O) groups is 1. The van der Waals surface area contributed by atoms with Gasteiger partial charge in [-0.15, -0.1) is 0 Å². The summed E-state index contributed by atoms with van der Waals surface area (Å²) in [5.41, 5.74) is -0.0243. The lowest BCUT2D eigenvalue weighted by molar-refractivity contribution is -0.133. The topological polar surface area (TPSA) is 53.7 Å². The number of halogens is 3. The van der Waals surface area contributed by atoms with Gasteiger partial charge in [0, 0.05) is 23.5 Å². The average molecular weight is 337 g/mol. The van der Waals surface area contributed by atoms with Crippen LogP contribution in [-0.2, 0) is 4.79 Å². The zero-order valence-electron chi connectivity index (χ0n) is 12.7. The lowest BCUT2D eigenvalue weighted by Gasteiger charge is -2.28. The smallest absolute Gasteiger partial charge is 0.418 e. The van der Waals surface area contributed by atoms with Crippen LogP contribution in [0.25, 0.3) is 5.57 Å². The van der Waals surface area contributed by atoms with Gasteiger partial charge < -0.3 is 14.4 Å². The van der Waals surface area contributed by atoms with Gasteiger partial charge in [0.25, 0.3) is 0 Å². The van der Waals surface area contributed by atoms with Crippen LogP contribution in [0.3, 0.4) is 0 Å². The van der Waals surface area contributed by atoms with Crippen LogP contribution in [0.2, 0.25) is 0 Å². The van der Waals surface area contributed by atoms with Gasteiger partial charge >= 0.3 is 12.1 Å². The maximum atomic E-state index is 13.5. The summed E-state index contributed by atoms with van der Waals surface area (Å²) >= 11 is 0. The summed E-state index contributed by atoms with van der Waals surface area (Å²) in [7, 11) is 0. The molecule has 0 bridgehead atoms. The van der Waals surface area contributed by atoms with E-state index in [0.717, 1.165) is 6.08 Å². The van der Waals surface area contributed by atoms with E-state index >= 15 is 0 Å². The third-order valence-corrected chi connectivity index (χ3v) is 4.01. The van der Waals surface area contributed by atoms with Crippen LogP contribution in [0.5, 0.6) is 0 Å². The van der Waals surface area contributed by atoms with Gasteiger partial charge in [-0.3, -0.25) is 0 Å². The Hall–Kier alpha value is -2.70. The molecule has 1 N–H and O–H groups in total. The molecule has 2 aliphatic heterocycles. The van der Waals surface area contributed by atoms with Crippen LogP contribution in [0, 0.1) is 5.92 Å². The van der Waals surface area contributed by atoms with Gasteiger partial charge in [0.15, 0.2) is 0 Å². The molecule has 3 heterocycles. The molecule has 4 nitrogen and oxygen atoms in total. The number of furan rings is 1. The highest BCUT2D eigenvalue weighted by atomic mass is 19.4. The van der Waals surface area contributed by atoms with Crippen molar-refractivity contribution >= 4 is 11.5 Å². The normalized spacial score (nSPS) is 21.2. The SMILES string of the molecule is CC1CC=C2C(C(F)(F)F)=CC(c3ccoc3)=CN2C=C1C(=O)O. The van der Waals surface area contributed by atoms with E-state index in [1.807, 2.05) is 0 Å². The van der Waals surface area contributed by atoms with E-state index in [1.165, 1.54) is 35.9 Å². The lowest BCUT2D eigenvalue weighted by Crippen LogP contribution is -2.25. The molecule has 24 heavy (non-hydrogen) atoms. The van der Waals surface area contributed by atoms with Crippen molar-refractivity contribution in [3.05, 3.63) is 65.6 Å². The van der Waals surface area contributed by atoms with E-state index < -0.39 is 17.7 Å². The molecule has 0 aliphatic carbocycles. The summed E-state index contributed by atoms with van der Waals surface area (Å²) in [6, 6.07) is 1.55. The van der Waals surface area contributed by atoms with Crippen molar-refractivity contribution in [3.8, 4) is 0 Å². The van der Waals surface area contributed by atoms with Crippen molar-refractivity contribution in [2.45, 2.75) is 19.5 Å². The van der Waals surface area contributed by atoms with Crippen molar-refractivity contribution in [2.24, 2.45) is 5.92 Å². The zero-order chi connectivity index (χ0) is 17.5. The largest absolute Gasteiger partial charge is 0.478 e. The zero-order valence-corrected chi connectivity index (χ0v) is 12.7. The first kappa shape index (κ1) is 16.2. The Kier molecular flexibility index (Phi) is 3.87. The molecule has 2 aliphatic rings. The maximum Gasteiger partial charge on any atom is 0.418 e. The fraction of sp³-hybridized carbons (Fsp3) is 0.235. The standard InChI is InChI=1S/C17H14F3NO3/c1-10-2-3-15-14(17(18,19)20)6-12(11-4-5-24-9-11)7-21(15)8-13(10)16(22)23/h3-10H,2H2,1H3,(H,22,23). The summed E-state index contributed by atoms with van der Waals surface area (Å²) in [5, 5.41) is 9.31. The van der Waals surface area contributed by atoms with Gasteiger partial charge in [-0.05, 0) is 24.5 Å². The molecular formula is C17H14F3NO3. The number of carboxylic acids is 1. The molecule has 0 aromatic carbocycles. The monoisotopic (exact) mass is 337 g/mol. The molecule has 0 radical (unpaired) electrons. The quantitative estimate of drug-likeness (QED) is 0.873. The summed E-state index contributed by atoms with van der Waals surface area (Å²) in [6.07, 6.45) is 3.58. The number of allylic oxidation sites excluding steroid dienone is 4. The molecule has 1 aromatic heterocycles. The highest BCUT2D eigenvalue weighted by molar-refractivity contribution is 5.87. The highest BCUT2D eigenvalue weighted by Crippen LogP contribution is 2.41. The number of hydrogen-bond acceptors (Lipinski definition) is 3. The molecule has 0 fully saturated rings. The molecule has 1 unspecified atom stereocenters. The summed E-state index contributed by atoms with van der Waals surface area (Å²) in [4.78, 5) is 12.6. The summed E-state index contributed by atoms with van der Waals surface area (Å²) < 4.78 is 45.4. The number of hydrogen-bond donors (Lipinski definition) is 1. The predicted octanol–water partition coefficient (Wildman–Crippen LogP) is 4.32. The van der Waals surface area contributed by atoms with Crippen LogP contribution < -0.4 is 0 Å². The number of nitrogens with zero attached hydrogens (tertiary/aromatic N) is 1. The fourth-order valence-electron chi connectivity index (χ4n) is 2.72. The summed E-state index contributed by atoms with van der Waals surface area (Å²) in [6.45, 7) is 1.67. The molecule has 7 heteroatoms. The Morgan fingerprint density at radius 2 is 2.12 bits per heavy atom. The molecule has 3 rings (SSSR count). The van der Waals surface area contributed by atoms with Crippen LogP contribution >= 0.6 is 0 Å². The van der Waals surface area contributed by atoms with Crippen LogP contribution in [-0.4, -0.2) is 22.2 Å². The number of fused-ring (bicyclic) bond motifs is 1. The Labute approximate surface area is 135 Å². The number of alkyl halides is 3.